The molecule has 1 rings (SSSR count). The Hall–Kier alpha value is -0.430. The van der Waals surface area contributed by atoms with Crippen LogP contribution in [0.4, 0.5) is 4.79 Å². The normalized spacial score (nSPS) is 20.8. The van der Waals surface area contributed by atoms with Crippen LogP contribution in [0.2, 0.25) is 0 Å². The predicted molar refractivity (Wildman–Crippen MR) is 75.6 cm³/mol. The van der Waals surface area contributed by atoms with Crippen LogP contribution in [0.25, 0.3) is 0 Å². The van der Waals surface area contributed by atoms with E-state index in [4.69, 9.17) is 0 Å². The third-order valence-electron chi connectivity index (χ3n) is 3.18. The molecule has 0 spiro atoms. The molecule has 0 radical (unpaired) electrons. The van der Waals surface area contributed by atoms with Gasteiger partial charge in [-0.1, -0.05) is 6.92 Å². The maximum Gasteiger partial charge on any atom is 0.321 e. The molecule has 1 heterocycles. The molecule has 0 aromatic rings. The zero-order valence-corrected chi connectivity index (χ0v) is 12.9. The highest BCUT2D eigenvalue weighted by Gasteiger charge is 2.36. The average Bonchev–Trinajstić information content (AvgIpc) is 2.40. The Morgan fingerprint density at radius 2 is 1.94 bits per heavy atom. The number of hydrogen-bond acceptors (Lipinski definition) is 4. The number of nitrogens with zero attached hydrogens (tertiary/aromatic N) is 2. The van der Waals surface area contributed by atoms with Crippen LogP contribution in [-0.4, -0.2) is 66.5 Å². The summed E-state index contributed by atoms with van der Waals surface area (Å²) in [6, 6.07) is -0.151. The van der Waals surface area contributed by atoms with Crippen LogP contribution in [-0.2, 0) is 9.84 Å². The van der Waals surface area contributed by atoms with E-state index in [0.717, 1.165) is 5.75 Å². The highest BCUT2D eigenvalue weighted by molar-refractivity contribution is 8.01. The number of urea groups is 1. The zero-order chi connectivity index (χ0) is 13.8. The molecule has 1 aliphatic rings. The van der Waals surface area contributed by atoms with Gasteiger partial charge in [0.15, 0.2) is 9.84 Å². The summed E-state index contributed by atoms with van der Waals surface area (Å²) in [7, 11) is -3.21. The van der Waals surface area contributed by atoms with E-state index >= 15 is 0 Å². The minimum absolute atomic E-state index is 0.0836. The lowest BCUT2D eigenvalue weighted by atomic mass is 10.4. The van der Waals surface area contributed by atoms with E-state index < -0.39 is 15.2 Å². The molecule has 7 heteroatoms. The molecule has 1 saturated heterocycles. The van der Waals surface area contributed by atoms with Gasteiger partial charge >= 0.3 is 6.03 Å². The molecule has 1 fully saturated rings. The molecule has 0 N–H and O–H groups in total. The van der Waals surface area contributed by atoms with Crippen molar-refractivity contribution in [1.82, 2.24) is 9.80 Å². The molecule has 0 aromatic heterocycles. The van der Waals surface area contributed by atoms with E-state index in [-0.39, 0.29) is 11.8 Å². The van der Waals surface area contributed by atoms with Gasteiger partial charge in [-0.3, -0.25) is 0 Å². The molecule has 1 aliphatic heterocycles. The lowest BCUT2D eigenvalue weighted by Gasteiger charge is -2.37. The lowest BCUT2D eigenvalue weighted by Crippen LogP contribution is -2.55. The van der Waals surface area contributed by atoms with Crippen molar-refractivity contribution in [2.45, 2.75) is 26.1 Å². The SMILES string of the molecule is CCN(CC)C(=O)N1CCSCC1S(=O)(=O)CC. The Morgan fingerprint density at radius 3 is 2.44 bits per heavy atom. The molecule has 2 amide bonds. The van der Waals surface area contributed by atoms with Crippen LogP contribution >= 0.6 is 11.8 Å². The molecule has 5 nitrogen and oxygen atoms in total. The first kappa shape index (κ1) is 15.6. The molecule has 0 saturated carbocycles. The quantitative estimate of drug-likeness (QED) is 0.783. The van der Waals surface area contributed by atoms with Gasteiger partial charge in [-0.15, -0.1) is 0 Å². The Labute approximate surface area is 114 Å². The molecule has 0 bridgehead atoms. The van der Waals surface area contributed by atoms with Gasteiger partial charge in [-0.25, -0.2) is 13.2 Å². The van der Waals surface area contributed by atoms with Crippen molar-refractivity contribution in [2.24, 2.45) is 0 Å². The molecule has 106 valence electrons. The molecular weight excluding hydrogens is 272 g/mol. The topological polar surface area (TPSA) is 57.7 Å². The van der Waals surface area contributed by atoms with Gasteiger partial charge in [-0.2, -0.15) is 11.8 Å². The third-order valence-corrected chi connectivity index (χ3v) is 6.47. The number of rotatable bonds is 4. The number of amides is 2. The van der Waals surface area contributed by atoms with Crippen LogP contribution in [0.1, 0.15) is 20.8 Å². The summed E-state index contributed by atoms with van der Waals surface area (Å²) in [6.07, 6.45) is 0. The van der Waals surface area contributed by atoms with Crippen molar-refractivity contribution in [3.8, 4) is 0 Å². The molecule has 18 heavy (non-hydrogen) atoms. The van der Waals surface area contributed by atoms with E-state index in [0.29, 0.717) is 25.4 Å². The van der Waals surface area contributed by atoms with Crippen molar-refractivity contribution in [2.75, 3.05) is 36.9 Å². The van der Waals surface area contributed by atoms with Gasteiger partial charge in [0.25, 0.3) is 0 Å². The summed E-state index contributed by atoms with van der Waals surface area (Å²) < 4.78 is 24.1. The maximum atomic E-state index is 12.3. The fraction of sp³-hybridized carbons (Fsp3) is 0.909. The Bertz CT molecular complexity index is 380. The molecule has 1 unspecified atom stereocenters. The number of carbonyl (C=O) groups excluding carboxylic acids is 1. The van der Waals surface area contributed by atoms with Gasteiger partial charge in [0, 0.05) is 36.9 Å². The number of sulfone groups is 1. The second kappa shape index (κ2) is 6.65. The summed E-state index contributed by atoms with van der Waals surface area (Å²) >= 11 is 1.60. The highest BCUT2D eigenvalue weighted by Crippen LogP contribution is 2.22. The summed E-state index contributed by atoms with van der Waals surface area (Å²) in [5.74, 6) is 1.38. The average molecular weight is 294 g/mol. The minimum atomic E-state index is -3.21. The summed E-state index contributed by atoms with van der Waals surface area (Å²) in [4.78, 5) is 15.5. The first-order valence-corrected chi connectivity index (χ1v) is 9.19. The smallest absolute Gasteiger partial charge is 0.321 e. The van der Waals surface area contributed by atoms with Crippen molar-refractivity contribution in [1.29, 1.82) is 0 Å². The standard InChI is InChI=1S/C11H22N2O3S2/c1-4-12(5-2)11(14)13-7-8-17-9-10(13)18(15,16)6-3/h10H,4-9H2,1-3H3. The maximum absolute atomic E-state index is 12.3. The predicted octanol–water partition coefficient (Wildman–Crippen LogP) is 1.26. The summed E-state index contributed by atoms with van der Waals surface area (Å²) in [5, 5.41) is -0.658. The Balaban J connectivity index is 2.93. The minimum Gasteiger partial charge on any atom is -0.325 e. The Kier molecular flexibility index (Phi) is 5.78. The molecule has 1 atom stereocenters. The van der Waals surface area contributed by atoms with Crippen LogP contribution in [0, 0.1) is 0 Å². The molecule has 0 aromatic carbocycles. The van der Waals surface area contributed by atoms with Gasteiger partial charge < -0.3 is 9.80 Å². The van der Waals surface area contributed by atoms with Gasteiger partial charge in [-0.05, 0) is 13.8 Å². The fourth-order valence-corrected chi connectivity index (χ4v) is 4.93. The van der Waals surface area contributed by atoms with Crippen molar-refractivity contribution < 1.29 is 13.2 Å². The van der Waals surface area contributed by atoms with Crippen molar-refractivity contribution in [3.63, 3.8) is 0 Å². The first-order chi connectivity index (χ1) is 8.47. The van der Waals surface area contributed by atoms with Crippen LogP contribution in [0.15, 0.2) is 0 Å². The number of hydrogen-bond donors (Lipinski definition) is 0. The van der Waals surface area contributed by atoms with Gasteiger partial charge in [0.05, 0.1) is 0 Å². The second-order valence-corrected chi connectivity index (χ2v) is 7.73. The van der Waals surface area contributed by atoms with E-state index in [2.05, 4.69) is 0 Å². The molecule has 0 aliphatic carbocycles. The van der Waals surface area contributed by atoms with Gasteiger partial charge in [0.1, 0.15) is 5.37 Å². The molecular formula is C11H22N2O3S2. The van der Waals surface area contributed by atoms with Gasteiger partial charge in [0.2, 0.25) is 0 Å². The monoisotopic (exact) mass is 294 g/mol. The number of thioether (sulfide) groups is 1. The fourth-order valence-electron chi connectivity index (χ4n) is 1.97. The van der Waals surface area contributed by atoms with E-state index in [1.807, 2.05) is 13.8 Å². The van der Waals surface area contributed by atoms with E-state index in [1.165, 1.54) is 4.90 Å². The van der Waals surface area contributed by atoms with Crippen molar-refractivity contribution >= 4 is 27.6 Å². The van der Waals surface area contributed by atoms with Crippen LogP contribution in [0.3, 0.4) is 0 Å². The zero-order valence-electron chi connectivity index (χ0n) is 11.3. The van der Waals surface area contributed by atoms with Crippen molar-refractivity contribution in [3.05, 3.63) is 0 Å². The van der Waals surface area contributed by atoms with E-state index in [9.17, 15) is 13.2 Å². The van der Waals surface area contributed by atoms with Crippen LogP contribution in [0.5, 0.6) is 0 Å². The van der Waals surface area contributed by atoms with Crippen LogP contribution < -0.4 is 0 Å². The third kappa shape index (κ3) is 3.32. The first-order valence-electron chi connectivity index (χ1n) is 6.32. The second-order valence-electron chi connectivity index (χ2n) is 4.13. The van der Waals surface area contributed by atoms with E-state index in [1.54, 1.807) is 23.6 Å². The lowest BCUT2D eigenvalue weighted by molar-refractivity contribution is 0.156. The largest absolute Gasteiger partial charge is 0.325 e. The summed E-state index contributed by atoms with van der Waals surface area (Å²) in [6.45, 7) is 7.18. The highest BCUT2D eigenvalue weighted by atomic mass is 32.2. The Morgan fingerprint density at radius 1 is 1.33 bits per heavy atom. The summed E-state index contributed by atoms with van der Waals surface area (Å²) in [5.41, 5.74) is 0. The number of carbonyl (C=O) groups is 1.